The summed E-state index contributed by atoms with van der Waals surface area (Å²) < 4.78 is 53.3. The lowest BCUT2D eigenvalue weighted by Crippen LogP contribution is -2.39. The molecule has 1 aromatic rings. The molecule has 0 unspecified atom stereocenters. The summed E-state index contributed by atoms with van der Waals surface area (Å²) in [6.07, 6.45) is 3.46. The fourth-order valence-electron chi connectivity index (χ4n) is 2.69. The number of nitrogens with two attached hydrogens (primary N) is 1. The van der Waals surface area contributed by atoms with E-state index >= 15 is 0 Å². The fourth-order valence-corrected chi connectivity index (χ4v) is 4.46. The van der Waals surface area contributed by atoms with Gasteiger partial charge in [-0.1, -0.05) is 19.8 Å². The molecule has 0 bridgehead atoms. The van der Waals surface area contributed by atoms with E-state index in [1.807, 2.05) is 0 Å². The molecule has 1 aliphatic rings. The molecule has 0 atom stereocenters. The maximum atomic E-state index is 13.8. The zero-order valence-electron chi connectivity index (χ0n) is 11.3. The molecule has 2 rings (SSSR count). The lowest BCUT2D eigenvalue weighted by molar-refractivity contribution is 0.333. The largest absolute Gasteiger partial charge is 0.396 e. The van der Waals surface area contributed by atoms with Gasteiger partial charge in [-0.25, -0.2) is 17.2 Å². The van der Waals surface area contributed by atoms with Crippen molar-refractivity contribution in [3.8, 4) is 0 Å². The van der Waals surface area contributed by atoms with Gasteiger partial charge in [-0.05, 0) is 18.9 Å². The molecule has 1 fully saturated rings. The highest BCUT2D eigenvalue weighted by Crippen LogP contribution is 2.30. The smallest absolute Gasteiger partial charge is 0.246 e. The number of nitrogen functional groups attached to an aromatic ring is 1. The number of benzene rings is 1. The summed E-state index contributed by atoms with van der Waals surface area (Å²) in [5, 5.41) is 0. The van der Waals surface area contributed by atoms with E-state index in [4.69, 9.17) is 5.73 Å². The van der Waals surface area contributed by atoms with Crippen molar-refractivity contribution in [2.45, 2.75) is 43.5 Å². The van der Waals surface area contributed by atoms with Gasteiger partial charge in [0.05, 0.1) is 5.69 Å². The number of halogens is 2. The van der Waals surface area contributed by atoms with Crippen LogP contribution in [0, 0.1) is 11.6 Å². The van der Waals surface area contributed by atoms with Crippen LogP contribution in [0.5, 0.6) is 0 Å². The Balaban J connectivity index is 2.45. The van der Waals surface area contributed by atoms with Crippen LogP contribution in [-0.4, -0.2) is 25.3 Å². The minimum absolute atomic E-state index is 0.115. The van der Waals surface area contributed by atoms with E-state index in [2.05, 4.69) is 0 Å². The van der Waals surface area contributed by atoms with E-state index in [-0.39, 0.29) is 18.3 Å². The minimum Gasteiger partial charge on any atom is -0.396 e. The first-order valence-corrected chi connectivity index (χ1v) is 8.08. The van der Waals surface area contributed by atoms with Crippen LogP contribution in [0.4, 0.5) is 14.5 Å². The Labute approximate surface area is 117 Å². The third kappa shape index (κ3) is 2.64. The van der Waals surface area contributed by atoms with Crippen molar-refractivity contribution in [2.75, 3.05) is 12.3 Å². The topological polar surface area (TPSA) is 63.4 Å². The highest BCUT2D eigenvalue weighted by atomic mass is 32.2. The van der Waals surface area contributed by atoms with E-state index < -0.39 is 26.6 Å². The van der Waals surface area contributed by atoms with Gasteiger partial charge in [0.1, 0.15) is 16.5 Å². The second kappa shape index (κ2) is 5.65. The quantitative estimate of drug-likeness (QED) is 0.869. The van der Waals surface area contributed by atoms with Gasteiger partial charge in [-0.2, -0.15) is 4.31 Å². The molecule has 7 heteroatoms. The molecule has 0 aliphatic heterocycles. The predicted molar refractivity (Wildman–Crippen MR) is 72.6 cm³/mol. The van der Waals surface area contributed by atoms with Crippen LogP contribution in [0.3, 0.4) is 0 Å². The van der Waals surface area contributed by atoms with Crippen molar-refractivity contribution in [3.63, 3.8) is 0 Å². The Morgan fingerprint density at radius 1 is 1.25 bits per heavy atom. The van der Waals surface area contributed by atoms with Crippen LogP contribution in [0.2, 0.25) is 0 Å². The number of hydrogen-bond acceptors (Lipinski definition) is 3. The third-order valence-corrected chi connectivity index (χ3v) is 5.72. The molecule has 0 radical (unpaired) electrons. The van der Waals surface area contributed by atoms with Gasteiger partial charge >= 0.3 is 0 Å². The van der Waals surface area contributed by atoms with Crippen LogP contribution in [0.25, 0.3) is 0 Å². The van der Waals surface area contributed by atoms with Gasteiger partial charge < -0.3 is 5.73 Å². The summed E-state index contributed by atoms with van der Waals surface area (Å²) in [7, 11) is -3.99. The standard InChI is InChI=1S/C13H18F2N2O2S/c1-2-17(9-5-3-4-6-9)20(18,19)13-8-12(16)10(14)7-11(13)15/h7-9H,2-6,16H2,1H3. The number of hydrogen-bond donors (Lipinski definition) is 1. The average Bonchev–Trinajstić information content (AvgIpc) is 2.87. The number of nitrogens with zero attached hydrogens (tertiary/aromatic N) is 1. The van der Waals surface area contributed by atoms with Crippen LogP contribution in [0.15, 0.2) is 17.0 Å². The van der Waals surface area contributed by atoms with E-state index in [9.17, 15) is 17.2 Å². The highest BCUT2D eigenvalue weighted by Gasteiger charge is 2.34. The van der Waals surface area contributed by atoms with Crippen LogP contribution in [0.1, 0.15) is 32.6 Å². The lowest BCUT2D eigenvalue weighted by atomic mass is 10.2. The van der Waals surface area contributed by atoms with Crippen molar-refractivity contribution >= 4 is 15.7 Å². The van der Waals surface area contributed by atoms with Gasteiger partial charge in [-0.3, -0.25) is 0 Å². The monoisotopic (exact) mass is 304 g/mol. The number of rotatable bonds is 4. The van der Waals surface area contributed by atoms with Crippen LogP contribution >= 0.6 is 0 Å². The summed E-state index contributed by atoms with van der Waals surface area (Å²) in [6, 6.07) is 1.26. The summed E-state index contributed by atoms with van der Waals surface area (Å²) >= 11 is 0. The molecule has 1 aliphatic carbocycles. The fraction of sp³-hybridized carbons (Fsp3) is 0.538. The molecule has 0 spiro atoms. The Bertz CT molecular complexity index is 599. The second-order valence-corrected chi connectivity index (χ2v) is 6.81. The van der Waals surface area contributed by atoms with Gasteiger partial charge in [0, 0.05) is 18.7 Å². The zero-order chi connectivity index (χ0) is 14.9. The van der Waals surface area contributed by atoms with Gasteiger partial charge in [0.15, 0.2) is 0 Å². The Kier molecular flexibility index (Phi) is 4.29. The van der Waals surface area contributed by atoms with Crippen LogP contribution in [-0.2, 0) is 10.0 Å². The SMILES string of the molecule is CCN(C1CCCC1)S(=O)(=O)c1cc(N)c(F)cc1F. The molecule has 0 amide bonds. The van der Waals surface area contributed by atoms with Crippen molar-refractivity contribution in [1.82, 2.24) is 4.31 Å². The molecular weight excluding hydrogens is 286 g/mol. The number of sulfonamides is 1. The Morgan fingerprint density at radius 2 is 1.85 bits per heavy atom. The first-order valence-electron chi connectivity index (χ1n) is 6.64. The molecule has 1 aromatic carbocycles. The molecule has 4 nitrogen and oxygen atoms in total. The van der Waals surface area contributed by atoms with Crippen molar-refractivity contribution in [3.05, 3.63) is 23.8 Å². The summed E-state index contributed by atoms with van der Waals surface area (Å²) in [5.41, 5.74) is 4.99. The second-order valence-electron chi connectivity index (χ2n) is 4.95. The summed E-state index contributed by atoms with van der Waals surface area (Å²) in [5.74, 6) is -2.06. The Hall–Kier alpha value is -1.21. The van der Waals surface area contributed by atoms with E-state index in [1.165, 1.54) is 4.31 Å². The molecule has 1 saturated carbocycles. The maximum absolute atomic E-state index is 13.8. The molecular formula is C13H18F2N2O2S. The van der Waals surface area contributed by atoms with E-state index in [1.54, 1.807) is 6.92 Å². The summed E-state index contributed by atoms with van der Waals surface area (Å²) in [4.78, 5) is -0.551. The summed E-state index contributed by atoms with van der Waals surface area (Å²) in [6.45, 7) is 1.96. The minimum atomic E-state index is -3.99. The Morgan fingerprint density at radius 3 is 2.40 bits per heavy atom. The van der Waals surface area contributed by atoms with Gasteiger partial charge in [-0.15, -0.1) is 0 Å². The first-order chi connectivity index (χ1) is 9.37. The maximum Gasteiger partial charge on any atom is 0.246 e. The van der Waals surface area contributed by atoms with E-state index in [0.29, 0.717) is 6.07 Å². The van der Waals surface area contributed by atoms with Crippen molar-refractivity contribution in [2.24, 2.45) is 0 Å². The first kappa shape index (κ1) is 15.2. The van der Waals surface area contributed by atoms with Gasteiger partial charge in [0.25, 0.3) is 0 Å². The lowest BCUT2D eigenvalue weighted by Gasteiger charge is -2.27. The van der Waals surface area contributed by atoms with E-state index in [0.717, 1.165) is 31.7 Å². The van der Waals surface area contributed by atoms with Crippen LogP contribution < -0.4 is 5.73 Å². The molecule has 2 N–H and O–H groups in total. The average molecular weight is 304 g/mol. The molecule has 0 aromatic heterocycles. The molecule has 0 saturated heterocycles. The highest BCUT2D eigenvalue weighted by molar-refractivity contribution is 7.89. The third-order valence-electron chi connectivity index (χ3n) is 3.68. The van der Waals surface area contributed by atoms with Crippen molar-refractivity contribution in [1.29, 1.82) is 0 Å². The zero-order valence-corrected chi connectivity index (χ0v) is 12.1. The normalized spacial score (nSPS) is 17.0. The number of anilines is 1. The molecule has 20 heavy (non-hydrogen) atoms. The molecule has 0 heterocycles. The predicted octanol–water partition coefficient (Wildman–Crippen LogP) is 2.50. The van der Waals surface area contributed by atoms with Crippen molar-refractivity contribution < 1.29 is 17.2 Å². The van der Waals surface area contributed by atoms with Gasteiger partial charge in [0.2, 0.25) is 10.0 Å². The molecule has 112 valence electrons.